The molecule has 0 aliphatic rings. The first-order valence-electron chi connectivity index (χ1n) is 5.79. The summed E-state index contributed by atoms with van der Waals surface area (Å²) in [5.74, 6) is 0.129. The number of nitrogens with zero attached hydrogens (tertiary/aromatic N) is 2. The maximum absolute atomic E-state index is 11.9. The second-order valence-electron chi connectivity index (χ2n) is 3.94. The van der Waals surface area contributed by atoms with Gasteiger partial charge in [-0.15, -0.1) is 0 Å². The molecule has 2 aromatic rings. The minimum Gasteiger partial charge on any atom is -0.467 e. The van der Waals surface area contributed by atoms with E-state index in [1.165, 1.54) is 13.3 Å². The van der Waals surface area contributed by atoms with E-state index in [1.807, 2.05) is 30.3 Å². The Bertz CT molecular complexity index is 607. The van der Waals surface area contributed by atoms with Crippen molar-refractivity contribution in [2.45, 2.75) is 6.04 Å². The maximum atomic E-state index is 11.9. The molecule has 0 fully saturated rings. The quantitative estimate of drug-likeness (QED) is 0.831. The van der Waals surface area contributed by atoms with Gasteiger partial charge in [-0.05, 0) is 21.5 Å². The first kappa shape index (κ1) is 14.3. The van der Waals surface area contributed by atoms with Crippen LogP contribution in [-0.4, -0.2) is 23.0 Å². The lowest BCUT2D eigenvalue weighted by atomic mass is 10.1. The van der Waals surface area contributed by atoms with Crippen LogP contribution in [0.1, 0.15) is 11.6 Å². The van der Waals surface area contributed by atoms with Crippen LogP contribution in [-0.2, 0) is 9.53 Å². The number of hydrogen-bond donors (Lipinski definition) is 2. The molecule has 1 atom stereocenters. The fourth-order valence-electron chi connectivity index (χ4n) is 1.66. The van der Waals surface area contributed by atoms with Gasteiger partial charge in [0.15, 0.2) is 6.04 Å². The van der Waals surface area contributed by atoms with E-state index >= 15 is 0 Å². The Morgan fingerprint density at radius 1 is 1.40 bits per heavy atom. The largest absolute Gasteiger partial charge is 0.467 e. The standard InChI is InChI=1S/C13H13BrN4O2/c1-20-12(19)10(8-5-3-2-4-6-8)17-11-9(14)7-16-13(15)18-11/h2-7,10H,1H3,(H3,15,16,17,18). The highest BCUT2D eigenvalue weighted by Gasteiger charge is 2.22. The van der Waals surface area contributed by atoms with E-state index in [2.05, 4.69) is 31.2 Å². The summed E-state index contributed by atoms with van der Waals surface area (Å²) in [5, 5.41) is 3.00. The minimum absolute atomic E-state index is 0.118. The van der Waals surface area contributed by atoms with Crippen molar-refractivity contribution in [2.24, 2.45) is 0 Å². The third-order valence-corrected chi connectivity index (χ3v) is 3.19. The van der Waals surface area contributed by atoms with Crippen LogP contribution in [0, 0.1) is 0 Å². The van der Waals surface area contributed by atoms with E-state index < -0.39 is 12.0 Å². The lowest BCUT2D eigenvalue weighted by Gasteiger charge is -2.18. The number of halogens is 1. The zero-order valence-corrected chi connectivity index (χ0v) is 12.3. The number of anilines is 2. The van der Waals surface area contributed by atoms with Crippen LogP contribution in [0.3, 0.4) is 0 Å². The number of ether oxygens (including phenoxy) is 1. The summed E-state index contributed by atoms with van der Waals surface area (Å²) in [7, 11) is 1.34. The molecule has 2 rings (SSSR count). The van der Waals surface area contributed by atoms with E-state index in [-0.39, 0.29) is 5.95 Å². The van der Waals surface area contributed by atoms with Gasteiger partial charge in [-0.1, -0.05) is 30.3 Å². The molecule has 0 bridgehead atoms. The highest BCUT2D eigenvalue weighted by molar-refractivity contribution is 9.10. The summed E-state index contributed by atoms with van der Waals surface area (Å²) in [6.45, 7) is 0. The van der Waals surface area contributed by atoms with E-state index in [4.69, 9.17) is 10.5 Å². The number of benzene rings is 1. The maximum Gasteiger partial charge on any atom is 0.333 e. The fraction of sp³-hybridized carbons (Fsp3) is 0.154. The molecule has 0 saturated carbocycles. The molecule has 20 heavy (non-hydrogen) atoms. The SMILES string of the molecule is COC(=O)C(Nc1nc(N)ncc1Br)c1ccccc1. The summed E-state index contributed by atoms with van der Waals surface area (Å²) in [6, 6.07) is 8.54. The number of methoxy groups -OCH3 is 1. The molecular formula is C13H13BrN4O2. The van der Waals surface area contributed by atoms with Gasteiger partial charge in [0.1, 0.15) is 5.82 Å². The van der Waals surface area contributed by atoms with Gasteiger partial charge in [0, 0.05) is 6.20 Å². The molecular weight excluding hydrogens is 324 g/mol. The number of esters is 1. The van der Waals surface area contributed by atoms with Crippen LogP contribution in [0.2, 0.25) is 0 Å². The lowest BCUT2D eigenvalue weighted by Crippen LogP contribution is -2.23. The Morgan fingerprint density at radius 3 is 2.75 bits per heavy atom. The summed E-state index contributed by atoms with van der Waals surface area (Å²) >= 11 is 3.31. The van der Waals surface area contributed by atoms with Crippen molar-refractivity contribution >= 4 is 33.7 Å². The number of nitrogens with two attached hydrogens (primary N) is 1. The van der Waals surface area contributed by atoms with Crippen molar-refractivity contribution < 1.29 is 9.53 Å². The Balaban J connectivity index is 2.34. The van der Waals surface area contributed by atoms with Gasteiger partial charge in [-0.2, -0.15) is 4.98 Å². The third kappa shape index (κ3) is 3.24. The van der Waals surface area contributed by atoms with E-state index in [1.54, 1.807) is 0 Å². The Kier molecular flexibility index (Phi) is 4.52. The van der Waals surface area contributed by atoms with Crippen molar-refractivity contribution in [2.75, 3.05) is 18.2 Å². The summed E-state index contributed by atoms with van der Waals surface area (Å²) in [4.78, 5) is 19.8. The molecule has 7 heteroatoms. The molecule has 0 radical (unpaired) electrons. The molecule has 104 valence electrons. The predicted molar refractivity (Wildman–Crippen MR) is 79.0 cm³/mol. The summed E-state index contributed by atoms with van der Waals surface area (Å²) in [6.07, 6.45) is 1.52. The number of carbonyl (C=O) groups excluding carboxylic acids is 1. The number of hydrogen-bond acceptors (Lipinski definition) is 6. The first-order valence-corrected chi connectivity index (χ1v) is 6.58. The number of nitrogens with one attached hydrogen (secondary N) is 1. The van der Waals surface area contributed by atoms with Crippen LogP contribution in [0.4, 0.5) is 11.8 Å². The molecule has 0 aliphatic heterocycles. The minimum atomic E-state index is -0.674. The summed E-state index contributed by atoms with van der Waals surface area (Å²) < 4.78 is 5.43. The molecule has 3 N–H and O–H groups in total. The van der Waals surface area contributed by atoms with Crippen molar-refractivity contribution in [1.82, 2.24) is 9.97 Å². The molecule has 0 amide bonds. The molecule has 1 aromatic heterocycles. The van der Waals surface area contributed by atoms with Crippen LogP contribution in [0.25, 0.3) is 0 Å². The highest BCUT2D eigenvalue weighted by atomic mass is 79.9. The van der Waals surface area contributed by atoms with Crippen molar-refractivity contribution in [3.05, 3.63) is 46.6 Å². The first-order chi connectivity index (χ1) is 9.61. The smallest absolute Gasteiger partial charge is 0.333 e. The molecule has 0 aliphatic carbocycles. The van der Waals surface area contributed by atoms with E-state index in [9.17, 15) is 4.79 Å². The third-order valence-electron chi connectivity index (χ3n) is 2.61. The van der Waals surface area contributed by atoms with Gasteiger partial charge in [-0.3, -0.25) is 0 Å². The van der Waals surface area contributed by atoms with Crippen LogP contribution >= 0.6 is 15.9 Å². The Morgan fingerprint density at radius 2 is 2.10 bits per heavy atom. The molecule has 1 heterocycles. The number of nitrogen functional groups attached to an aromatic ring is 1. The lowest BCUT2D eigenvalue weighted by molar-refractivity contribution is -0.141. The second-order valence-corrected chi connectivity index (χ2v) is 4.79. The van der Waals surface area contributed by atoms with Gasteiger partial charge >= 0.3 is 5.97 Å². The van der Waals surface area contributed by atoms with Gasteiger partial charge in [-0.25, -0.2) is 9.78 Å². The topological polar surface area (TPSA) is 90.1 Å². The van der Waals surface area contributed by atoms with Gasteiger partial charge < -0.3 is 15.8 Å². The number of rotatable bonds is 4. The van der Waals surface area contributed by atoms with E-state index in [0.717, 1.165) is 5.56 Å². The van der Waals surface area contributed by atoms with Crippen molar-refractivity contribution in [3.63, 3.8) is 0 Å². The summed E-state index contributed by atoms with van der Waals surface area (Å²) in [5.41, 5.74) is 6.32. The van der Waals surface area contributed by atoms with Crippen molar-refractivity contribution in [1.29, 1.82) is 0 Å². The van der Waals surface area contributed by atoms with Gasteiger partial charge in [0.2, 0.25) is 5.95 Å². The van der Waals surface area contributed by atoms with Crippen LogP contribution in [0.15, 0.2) is 41.0 Å². The van der Waals surface area contributed by atoms with Gasteiger partial charge in [0.05, 0.1) is 11.6 Å². The predicted octanol–water partition coefficient (Wildman–Crippen LogP) is 2.15. The second kappa shape index (κ2) is 6.33. The fourth-order valence-corrected chi connectivity index (χ4v) is 1.97. The molecule has 6 nitrogen and oxygen atoms in total. The highest BCUT2D eigenvalue weighted by Crippen LogP contribution is 2.25. The monoisotopic (exact) mass is 336 g/mol. The molecule has 1 aromatic carbocycles. The average Bonchev–Trinajstić information content (AvgIpc) is 2.48. The van der Waals surface area contributed by atoms with E-state index in [0.29, 0.717) is 10.3 Å². The Hall–Kier alpha value is -2.15. The number of carbonyl (C=O) groups is 1. The van der Waals surface area contributed by atoms with Crippen LogP contribution < -0.4 is 11.1 Å². The molecule has 0 spiro atoms. The molecule has 1 unspecified atom stereocenters. The number of aromatic nitrogens is 2. The molecule has 0 saturated heterocycles. The van der Waals surface area contributed by atoms with Gasteiger partial charge in [0.25, 0.3) is 0 Å². The van der Waals surface area contributed by atoms with Crippen LogP contribution in [0.5, 0.6) is 0 Å². The van der Waals surface area contributed by atoms with Crippen molar-refractivity contribution in [3.8, 4) is 0 Å². The normalized spacial score (nSPS) is 11.7. The zero-order chi connectivity index (χ0) is 14.5. The average molecular weight is 337 g/mol. The Labute approximate surface area is 124 Å². The zero-order valence-electron chi connectivity index (χ0n) is 10.7.